The molecule has 2 heterocycles. The average molecular weight is 359 g/mol. The van der Waals surface area contributed by atoms with Crippen LogP contribution in [-0.2, 0) is 4.79 Å². The van der Waals surface area contributed by atoms with Crippen molar-refractivity contribution < 1.29 is 23.8 Å². The smallest absolute Gasteiger partial charge is 0.348 e. The minimum atomic E-state index is -1.45. The molecule has 3 rings (SSSR count). The molecule has 26 heavy (non-hydrogen) atoms. The summed E-state index contributed by atoms with van der Waals surface area (Å²) in [5.41, 5.74) is 4.46. The number of aliphatic carboxylic acids is 1. The Kier molecular flexibility index (Phi) is 4.75. The number of carbonyl (C=O) groups excluding carboxylic acids is 1. The number of benzene rings is 1. The van der Waals surface area contributed by atoms with Gasteiger partial charge >= 0.3 is 5.97 Å². The van der Waals surface area contributed by atoms with Crippen LogP contribution >= 0.6 is 0 Å². The van der Waals surface area contributed by atoms with E-state index in [9.17, 15) is 19.1 Å². The zero-order valence-electron chi connectivity index (χ0n) is 13.9. The first-order valence-corrected chi connectivity index (χ1v) is 8.08. The maximum atomic E-state index is 13.0. The van der Waals surface area contributed by atoms with Crippen molar-refractivity contribution in [3.8, 4) is 5.75 Å². The standard InChI is InChI=1S/C18H18FN3O4/c19-13-2-4-14(5-3-13)26-18(17(24)25)7-9-22(10-8-18)16(23)12-1-6-15(20)21-11-12/h1-6,11H,7-10H2,(H2,20,21)(H,24,25). The maximum Gasteiger partial charge on any atom is 0.348 e. The Hall–Kier alpha value is -3.16. The summed E-state index contributed by atoms with van der Waals surface area (Å²) in [7, 11) is 0. The number of nitrogen functional groups attached to an aromatic ring is 1. The van der Waals surface area contributed by atoms with E-state index in [1.165, 1.54) is 36.5 Å². The first kappa shape index (κ1) is 17.7. The molecular weight excluding hydrogens is 341 g/mol. The number of piperidine rings is 1. The van der Waals surface area contributed by atoms with E-state index >= 15 is 0 Å². The van der Waals surface area contributed by atoms with Gasteiger partial charge in [0.1, 0.15) is 17.4 Å². The van der Waals surface area contributed by atoms with Crippen LogP contribution < -0.4 is 10.5 Å². The van der Waals surface area contributed by atoms with Crippen molar-refractivity contribution in [3.63, 3.8) is 0 Å². The summed E-state index contributed by atoms with van der Waals surface area (Å²) in [5, 5.41) is 9.65. The summed E-state index contributed by atoms with van der Waals surface area (Å²) < 4.78 is 18.7. The van der Waals surface area contributed by atoms with Gasteiger partial charge in [0.15, 0.2) is 0 Å². The molecule has 1 aliphatic rings. The van der Waals surface area contributed by atoms with Gasteiger partial charge in [-0.05, 0) is 36.4 Å². The zero-order valence-corrected chi connectivity index (χ0v) is 13.9. The molecule has 0 atom stereocenters. The van der Waals surface area contributed by atoms with Gasteiger partial charge in [-0.1, -0.05) is 0 Å². The lowest BCUT2D eigenvalue weighted by Gasteiger charge is -2.38. The highest BCUT2D eigenvalue weighted by atomic mass is 19.1. The molecule has 0 unspecified atom stereocenters. The van der Waals surface area contributed by atoms with Crippen LogP contribution in [-0.4, -0.2) is 45.6 Å². The fraction of sp³-hybridized carbons (Fsp3) is 0.278. The van der Waals surface area contributed by atoms with Crippen LogP contribution in [0.15, 0.2) is 42.6 Å². The third kappa shape index (κ3) is 3.58. The van der Waals surface area contributed by atoms with Crippen LogP contribution in [0.4, 0.5) is 10.2 Å². The Morgan fingerprint density at radius 3 is 2.35 bits per heavy atom. The third-order valence-electron chi connectivity index (χ3n) is 4.41. The van der Waals surface area contributed by atoms with Crippen molar-refractivity contribution in [1.82, 2.24) is 9.88 Å². The van der Waals surface area contributed by atoms with E-state index in [2.05, 4.69) is 4.98 Å². The Labute approximate surface area is 149 Å². The summed E-state index contributed by atoms with van der Waals surface area (Å²) in [6, 6.07) is 8.31. The molecule has 2 aromatic rings. The number of halogens is 1. The number of hydrogen-bond donors (Lipinski definition) is 2. The van der Waals surface area contributed by atoms with Gasteiger partial charge in [-0.15, -0.1) is 0 Å². The SMILES string of the molecule is Nc1ccc(C(=O)N2CCC(Oc3ccc(F)cc3)(C(=O)O)CC2)cn1. The van der Waals surface area contributed by atoms with E-state index in [0.717, 1.165) is 0 Å². The van der Waals surface area contributed by atoms with Gasteiger partial charge in [0.05, 0.1) is 5.56 Å². The second kappa shape index (κ2) is 6.99. The molecule has 0 radical (unpaired) electrons. The van der Waals surface area contributed by atoms with Crippen molar-refractivity contribution in [3.05, 3.63) is 54.0 Å². The number of likely N-dealkylation sites (tertiary alicyclic amines) is 1. The fourth-order valence-electron chi connectivity index (χ4n) is 2.87. The monoisotopic (exact) mass is 359 g/mol. The summed E-state index contributed by atoms with van der Waals surface area (Å²) in [6.45, 7) is 0.438. The second-order valence-corrected chi connectivity index (χ2v) is 6.12. The molecule has 3 N–H and O–H groups in total. The average Bonchev–Trinajstić information content (AvgIpc) is 2.64. The molecule has 1 aromatic heterocycles. The van der Waals surface area contributed by atoms with Gasteiger partial charge < -0.3 is 20.5 Å². The molecule has 1 fully saturated rings. The van der Waals surface area contributed by atoms with E-state index in [0.29, 0.717) is 11.4 Å². The van der Waals surface area contributed by atoms with Crippen molar-refractivity contribution in [2.24, 2.45) is 0 Å². The Bertz CT molecular complexity index is 800. The minimum Gasteiger partial charge on any atom is -0.478 e. The number of nitrogens with zero attached hydrogens (tertiary/aromatic N) is 2. The van der Waals surface area contributed by atoms with Crippen LogP contribution in [0.5, 0.6) is 5.75 Å². The zero-order chi connectivity index (χ0) is 18.7. The first-order chi connectivity index (χ1) is 12.4. The highest BCUT2D eigenvalue weighted by Crippen LogP contribution is 2.30. The molecule has 1 aromatic carbocycles. The number of nitrogens with two attached hydrogens (primary N) is 1. The van der Waals surface area contributed by atoms with Crippen molar-refractivity contribution in [1.29, 1.82) is 0 Å². The molecule has 1 saturated heterocycles. The van der Waals surface area contributed by atoms with E-state index < -0.39 is 17.4 Å². The highest BCUT2D eigenvalue weighted by Gasteiger charge is 2.45. The van der Waals surface area contributed by atoms with Crippen molar-refractivity contribution in [2.75, 3.05) is 18.8 Å². The number of carboxylic acid groups (broad SMARTS) is 1. The van der Waals surface area contributed by atoms with Crippen molar-refractivity contribution in [2.45, 2.75) is 18.4 Å². The van der Waals surface area contributed by atoms with Crippen LogP contribution in [0.1, 0.15) is 23.2 Å². The van der Waals surface area contributed by atoms with Crippen LogP contribution in [0.2, 0.25) is 0 Å². The second-order valence-electron chi connectivity index (χ2n) is 6.12. The van der Waals surface area contributed by atoms with E-state index in [4.69, 9.17) is 10.5 Å². The number of carboxylic acids is 1. The molecule has 1 amide bonds. The number of amides is 1. The molecule has 136 valence electrons. The normalized spacial score (nSPS) is 16.1. The number of anilines is 1. The van der Waals surface area contributed by atoms with E-state index in [-0.39, 0.29) is 37.6 Å². The fourth-order valence-corrected chi connectivity index (χ4v) is 2.87. The number of rotatable bonds is 4. The number of aromatic nitrogens is 1. The van der Waals surface area contributed by atoms with Gasteiger partial charge in [0, 0.05) is 32.1 Å². The lowest BCUT2D eigenvalue weighted by Crippen LogP contribution is -2.54. The topological polar surface area (TPSA) is 106 Å². The highest BCUT2D eigenvalue weighted by molar-refractivity contribution is 5.94. The van der Waals surface area contributed by atoms with Gasteiger partial charge in [-0.2, -0.15) is 0 Å². The summed E-state index contributed by atoms with van der Waals surface area (Å²) in [5.74, 6) is -1.19. The van der Waals surface area contributed by atoms with Crippen molar-refractivity contribution >= 4 is 17.7 Å². The molecule has 0 spiro atoms. The molecular formula is C18H18FN3O4. The molecule has 8 heteroatoms. The predicted octanol–water partition coefficient (Wildman–Crippen LogP) is 1.94. The summed E-state index contributed by atoms with van der Waals surface area (Å²) in [6.07, 6.45) is 1.63. The predicted molar refractivity (Wildman–Crippen MR) is 91.2 cm³/mol. The van der Waals surface area contributed by atoms with E-state index in [1.807, 2.05) is 0 Å². The van der Waals surface area contributed by atoms with Crippen LogP contribution in [0.3, 0.4) is 0 Å². The van der Waals surface area contributed by atoms with Gasteiger partial charge in [0.2, 0.25) is 5.60 Å². The van der Waals surface area contributed by atoms with Gasteiger partial charge in [-0.25, -0.2) is 14.2 Å². The van der Waals surface area contributed by atoms with Crippen LogP contribution in [0, 0.1) is 5.82 Å². The quantitative estimate of drug-likeness (QED) is 0.864. The number of ether oxygens (including phenoxy) is 1. The molecule has 1 aliphatic heterocycles. The molecule has 0 bridgehead atoms. The Balaban J connectivity index is 1.71. The number of carbonyl (C=O) groups is 2. The summed E-state index contributed by atoms with van der Waals surface area (Å²) >= 11 is 0. The number of hydrogen-bond acceptors (Lipinski definition) is 5. The Morgan fingerprint density at radius 2 is 1.81 bits per heavy atom. The molecule has 0 saturated carbocycles. The molecule has 7 nitrogen and oxygen atoms in total. The van der Waals surface area contributed by atoms with Gasteiger partial charge in [0.25, 0.3) is 5.91 Å². The Morgan fingerprint density at radius 1 is 1.15 bits per heavy atom. The van der Waals surface area contributed by atoms with Gasteiger partial charge in [-0.3, -0.25) is 4.79 Å². The lowest BCUT2D eigenvalue weighted by atomic mass is 9.90. The number of pyridine rings is 1. The van der Waals surface area contributed by atoms with Crippen LogP contribution in [0.25, 0.3) is 0 Å². The third-order valence-corrected chi connectivity index (χ3v) is 4.41. The minimum absolute atomic E-state index is 0.119. The van der Waals surface area contributed by atoms with E-state index in [1.54, 1.807) is 11.0 Å². The molecule has 0 aliphatic carbocycles. The first-order valence-electron chi connectivity index (χ1n) is 8.08. The largest absolute Gasteiger partial charge is 0.478 e. The summed E-state index contributed by atoms with van der Waals surface area (Å²) in [4.78, 5) is 29.8. The lowest BCUT2D eigenvalue weighted by molar-refractivity contribution is -0.159. The maximum absolute atomic E-state index is 13.0.